The monoisotopic (exact) mass is 313 g/mol. The molecule has 0 aliphatic carbocycles. The lowest BCUT2D eigenvalue weighted by atomic mass is 9.89. The fraction of sp³-hybridized carbons (Fsp3) is 0.812. The maximum atomic E-state index is 12.3. The molecular weight excluding hydrogens is 286 g/mol. The molecule has 0 bridgehead atoms. The van der Waals surface area contributed by atoms with Gasteiger partial charge in [0.1, 0.15) is 6.61 Å². The Morgan fingerprint density at radius 1 is 1.27 bits per heavy atom. The van der Waals surface area contributed by atoms with Crippen LogP contribution in [0.1, 0.15) is 40.0 Å². The smallest absolute Gasteiger partial charge is 0.233 e. The number of carbonyl (C=O) groups excluding carboxylic acids is 3. The van der Waals surface area contributed by atoms with Crippen LogP contribution in [-0.2, 0) is 23.9 Å². The van der Waals surface area contributed by atoms with Crippen molar-refractivity contribution in [2.75, 3.05) is 33.0 Å². The number of rotatable bonds is 11. The molecule has 0 aromatic rings. The second-order valence-corrected chi connectivity index (χ2v) is 5.83. The highest BCUT2D eigenvalue weighted by Crippen LogP contribution is 2.29. The average molecular weight is 313 g/mol. The molecule has 2 unspecified atom stereocenters. The third-order valence-corrected chi connectivity index (χ3v) is 3.85. The van der Waals surface area contributed by atoms with E-state index in [-0.39, 0.29) is 36.0 Å². The van der Waals surface area contributed by atoms with Gasteiger partial charge >= 0.3 is 0 Å². The van der Waals surface area contributed by atoms with Crippen LogP contribution in [0.5, 0.6) is 0 Å². The van der Waals surface area contributed by atoms with Gasteiger partial charge in [-0.2, -0.15) is 0 Å². The zero-order valence-electron chi connectivity index (χ0n) is 13.8. The van der Waals surface area contributed by atoms with Crippen LogP contribution in [0.4, 0.5) is 0 Å². The lowest BCUT2D eigenvalue weighted by molar-refractivity contribution is -0.140. The third-order valence-electron chi connectivity index (χ3n) is 3.85. The zero-order valence-corrected chi connectivity index (χ0v) is 13.8. The van der Waals surface area contributed by atoms with Gasteiger partial charge in [0, 0.05) is 12.3 Å². The van der Waals surface area contributed by atoms with Crippen LogP contribution in [0.3, 0.4) is 0 Å². The fourth-order valence-corrected chi connectivity index (χ4v) is 2.64. The number of amides is 2. The van der Waals surface area contributed by atoms with Crippen LogP contribution in [0.25, 0.3) is 0 Å². The maximum Gasteiger partial charge on any atom is 0.233 e. The molecule has 0 radical (unpaired) electrons. The Bertz CT molecular complexity index is 396. The number of hydrogen-bond donors (Lipinski definition) is 0. The van der Waals surface area contributed by atoms with Crippen LogP contribution in [0.15, 0.2) is 0 Å². The minimum absolute atomic E-state index is 0.0273. The molecule has 1 fully saturated rings. The van der Waals surface area contributed by atoms with Gasteiger partial charge in [-0.3, -0.25) is 19.3 Å². The predicted molar refractivity (Wildman–Crippen MR) is 81.2 cm³/mol. The summed E-state index contributed by atoms with van der Waals surface area (Å²) in [5, 5.41) is 0. The first-order valence-electron chi connectivity index (χ1n) is 7.96. The highest BCUT2D eigenvalue weighted by molar-refractivity contribution is 6.03. The summed E-state index contributed by atoms with van der Waals surface area (Å²) in [5.74, 6) is -0.129. The largest absolute Gasteiger partial charge is 0.377 e. The van der Waals surface area contributed by atoms with Crippen LogP contribution >= 0.6 is 0 Å². The minimum Gasteiger partial charge on any atom is -0.377 e. The molecule has 0 aromatic heterocycles. The van der Waals surface area contributed by atoms with Crippen molar-refractivity contribution in [1.29, 1.82) is 0 Å². The van der Waals surface area contributed by atoms with Crippen LogP contribution in [0.2, 0.25) is 0 Å². The van der Waals surface area contributed by atoms with E-state index < -0.39 is 0 Å². The molecule has 0 N–H and O–H groups in total. The lowest BCUT2D eigenvalue weighted by Gasteiger charge is -2.18. The van der Waals surface area contributed by atoms with Crippen molar-refractivity contribution in [1.82, 2.24) is 4.90 Å². The summed E-state index contributed by atoms with van der Waals surface area (Å²) < 4.78 is 10.4. The Balaban J connectivity index is 2.24. The molecule has 2 amide bonds. The molecule has 1 rings (SSSR count). The normalized spacial score (nSPS) is 19.8. The molecule has 0 aromatic carbocycles. The molecule has 1 saturated heterocycles. The van der Waals surface area contributed by atoms with Gasteiger partial charge in [0.2, 0.25) is 11.8 Å². The van der Waals surface area contributed by atoms with E-state index in [1.165, 1.54) is 11.8 Å². The number of ether oxygens (including phenoxy) is 2. The molecule has 6 nitrogen and oxygen atoms in total. The van der Waals surface area contributed by atoms with Gasteiger partial charge in [0.05, 0.1) is 26.4 Å². The second-order valence-electron chi connectivity index (χ2n) is 5.83. The van der Waals surface area contributed by atoms with E-state index in [9.17, 15) is 14.4 Å². The van der Waals surface area contributed by atoms with Gasteiger partial charge < -0.3 is 9.47 Å². The number of hydrogen-bond acceptors (Lipinski definition) is 5. The number of nitrogens with zero attached hydrogens (tertiary/aromatic N) is 1. The molecule has 1 aliphatic rings. The quantitative estimate of drug-likeness (QED) is 0.426. The van der Waals surface area contributed by atoms with Crippen molar-refractivity contribution in [3.63, 3.8) is 0 Å². The van der Waals surface area contributed by atoms with Crippen molar-refractivity contribution < 1.29 is 23.9 Å². The lowest BCUT2D eigenvalue weighted by Crippen LogP contribution is -2.35. The van der Waals surface area contributed by atoms with Crippen LogP contribution < -0.4 is 0 Å². The summed E-state index contributed by atoms with van der Waals surface area (Å²) in [6.45, 7) is 6.93. The van der Waals surface area contributed by atoms with Gasteiger partial charge in [0.25, 0.3) is 0 Å². The average Bonchev–Trinajstić information content (AvgIpc) is 2.73. The van der Waals surface area contributed by atoms with E-state index in [0.29, 0.717) is 32.8 Å². The Morgan fingerprint density at radius 3 is 2.59 bits per heavy atom. The van der Waals surface area contributed by atoms with E-state index in [2.05, 4.69) is 6.92 Å². The number of Topliss-reactive ketones (excluding diaryl/α,β-unsaturated/α-hetero) is 1. The molecule has 0 spiro atoms. The first-order valence-corrected chi connectivity index (χ1v) is 7.96. The number of imide groups is 1. The van der Waals surface area contributed by atoms with Gasteiger partial charge in [-0.05, 0) is 12.8 Å². The molecule has 1 heterocycles. The highest BCUT2D eigenvalue weighted by Gasteiger charge is 2.40. The first-order chi connectivity index (χ1) is 10.5. The maximum absolute atomic E-state index is 12.3. The Kier molecular flexibility index (Phi) is 8.27. The molecule has 6 heteroatoms. The summed E-state index contributed by atoms with van der Waals surface area (Å²) >= 11 is 0. The number of ketones is 1. The molecule has 0 saturated carbocycles. The summed E-state index contributed by atoms with van der Waals surface area (Å²) in [6, 6.07) is 0. The standard InChI is InChI=1S/C16H27NO5/c1-4-5-12(2)14-10-15(19)17(16(14)20)6-7-21-8-9-22-11-13(3)18/h12,14H,4-11H2,1-3H3. The zero-order chi connectivity index (χ0) is 16.5. The SMILES string of the molecule is CCCC(C)C1CC(=O)N(CCOCCOCC(C)=O)C1=O. The molecule has 126 valence electrons. The van der Waals surface area contributed by atoms with Crippen molar-refractivity contribution in [2.45, 2.75) is 40.0 Å². The number of carbonyl (C=O) groups is 3. The van der Waals surface area contributed by atoms with Gasteiger partial charge in [0.15, 0.2) is 5.78 Å². The van der Waals surface area contributed by atoms with E-state index in [0.717, 1.165) is 12.8 Å². The van der Waals surface area contributed by atoms with Gasteiger partial charge in [-0.1, -0.05) is 26.7 Å². The Labute approximate surface area is 132 Å². The predicted octanol–water partition coefficient (Wildman–Crippen LogP) is 1.42. The van der Waals surface area contributed by atoms with Gasteiger partial charge in [-0.25, -0.2) is 0 Å². The molecular formula is C16H27NO5. The van der Waals surface area contributed by atoms with Crippen molar-refractivity contribution in [3.05, 3.63) is 0 Å². The Morgan fingerprint density at radius 2 is 1.95 bits per heavy atom. The van der Waals surface area contributed by atoms with Crippen LogP contribution in [0, 0.1) is 11.8 Å². The summed E-state index contributed by atoms with van der Waals surface area (Å²) in [7, 11) is 0. The summed E-state index contributed by atoms with van der Waals surface area (Å²) in [4.78, 5) is 36.2. The first kappa shape index (κ1) is 18.8. The Hall–Kier alpha value is -1.27. The van der Waals surface area contributed by atoms with Crippen LogP contribution in [-0.4, -0.2) is 55.5 Å². The minimum atomic E-state index is -0.175. The summed E-state index contributed by atoms with van der Waals surface area (Å²) in [5.41, 5.74) is 0. The third kappa shape index (κ3) is 5.85. The molecule has 1 aliphatic heterocycles. The van der Waals surface area contributed by atoms with E-state index in [1.54, 1.807) is 0 Å². The molecule has 2 atom stereocenters. The van der Waals surface area contributed by atoms with E-state index in [1.807, 2.05) is 6.92 Å². The van der Waals surface area contributed by atoms with Crippen molar-refractivity contribution >= 4 is 17.6 Å². The topological polar surface area (TPSA) is 72.9 Å². The number of likely N-dealkylation sites (tertiary alicyclic amines) is 1. The fourth-order valence-electron chi connectivity index (χ4n) is 2.64. The van der Waals surface area contributed by atoms with Crippen molar-refractivity contribution in [2.24, 2.45) is 11.8 Å². The molecule has 22 heavy (non-hydrogen) atoms. The van der Waals surface area contributed by atoms with E-state index in [4.69, 9.17) is 9.47 Å². The highest BCUT2D eigenvalue weighted by atomic mass is 16.5. The summed E-state index contributed by atoms with van der Waals surface area (Å²) in [6.07, 6.45) is 2.30. The van der Waals surface area contributed by atoms with E-state index >= 15 is 0 Å². The second kappa shape index (κ2) is 9.69. The van der Waals surface area contributed by atoms with Crippen molar-refractivity contribution in [3.8, 4) is 0 Å². The van der Waals surface area contributed by atoms with Gasteiger partial charge in [-0.15, -0.1) is 0 Å².